The highest BCUT2D eigenvalue weighted by Crippen LogP contribution is 2.23. The van der Waals surface area contributed by atoms with E-state index in [1.54, 1.807) is 16.8 Å². The Labute approximate surface area is 103 Å². The second kappa shape index (κ2) is 4.30. The summed E-state index contributed by atoms with van der Waals surface area (Å²) in [6.45, 7) is 0. The molecule has 1 amide bonds. The molecular weight excluding hydrogens is 296 g/mol. The number of carboxylic acid groups (broad SMARTS) is 1. The lowest BCUT2D eigenvalue weighted by Crippen LogP contribution is -2.10. The molecule has 0 aliphatic carbocycles. The molecule has 0 fully saturated rings. The number of fused-ring (bicyclic) bond motifs is 1. The maximum atomic E-state index is 10.5. The number of nitrogens with zero attached hydrogens (tertiary/aromatic N) is 3. The topological polar surface area (TPSA) is 79.5 Å². The van der Waals surface area contributed by atoms with Crippen LogP contribution in [0.5, 0.6) is 0 Å². The SMILES string of the molecule is CSc1nc(NC(=O)O)cn2c(Br)cnc12. The van der Waals surface area contributed by atoms with Gasteiger partial charge in [-0.15, -0.1) is 11.8 Å². The molecule has 16 heavy (non-hydrogen) atoms. The standard InChI is InChI=1S/C8H7BrN4O2S/c1-16-7-6-10-2-4(9)13(6)3-5(11-7)12-8(14)15/h2-3,12H,1H3,(H,14,15). The van der Waals surface area contributed by atoms with Gasteiger partial charge in [-0.05, 0) is 22.2 Å². The number of aromatic nitrogens is 3. The van der Waals surface area contributed by atoms with E-state index in [1.807, 2.05) is 6.26 Å². The zero-order chi connectivity index (χ0) is 11.7. The maximum absolute atomic E-state index is 10.5. The largest absolute Gasteiger partial charge is 0.465 e. The van der Waals surface area contributed by atoms with Gasteiger partial charge >= 0.3 is 6.09 Å². The highest BCUT2D eigenvalue weighted by Gasteiger charge is 2.10. The summed E-state index contributed by atoms with van der Waals surface area (Å²) in [5.41, 5.74) is 0.690. The average molecular weight is 303 g/mol. The van der Waals surface area contributed by atoms with Crippen LogP contribution >= 0.6 is 27.7 Å². The van der Waals surface area contributed by atoms with Gasteiger partial charge in [0.15, 0.2) is 11.5 Å². The van der Waals surface area contributed by atoms with E-state index in [1.165, 1.54) is 11.8 Å². The second-order valence-electron chi connectivity index (χ2n) is 2.84. The Morgan fingerprint density at radius 2 is 2.44 bits per heavy atom. The molecule has 2 aromatic heterocycles. The third-order valence-electron chi connectivity index (χ3n) is 1.84. The molecule has 0 atom stereocenters. The lowest BCUT2D eigenvalue weighted by atomic mass is 10.6. The number of halogens is 1. The molecule has 2 aromatic rings. The Morgan fingerprint density at radius 3 is 3.06 bits per heavy atom. The summed E-state index contributed by atoms with van der Waals surface area (Å²) in [5, 5.41) is 11.5. The number of hydrogen-bond donors (Lipinski definition) is 2. The van der Waals surface area contributed by atoms with Gasteiger partial charge in [-0.3, -0.25) is 9.72 Å². The zero-order valence-corrected chi connectivity index (χ0v) is 10.5. The summed E-state index contributed by atoms with van der Waals surface area (Å²) in [6, 6.07) is 0. The highest BCUT2D eigenvalue weighted by atomic mass is 79.9. The summed E-state index contributed by atoms with van der Waals surface area (Å²) in [4.78, 5) is 18.8. The molecule has 0 aliphatic rings. The molecule has 2 rings (SSSR count). The van der Waals surface area contributed by atoms with Gasteiger partial charge in [0.1, 0.15) is 9.63 Å². The van der Waals surface area contributed by atoms with Crippen molar-refractivity contribution in [1.29, 1.82) is 0 Å². The summed E-state index contributed by atoms with van der Waals surface area (Å²) >= 11 is 4.72. The lowest BCUT2D eigenvalue weighted by Gasteiger charge is -2.05. The minimum absolute atomic E-state index is 0.267. The molecule has 0 radical (unpaired) electrons. The first-order valence-corrected chi connectivity index (χ1v) is 6.21. The molecule has 2 N–H and O–H groups in total. The lowest BCUT2D eigenvalue weighted by molar-refractivity contribution is 0.209. The summed E-state index contributed by atoms with van der Waals surface area (Å²) in [7, 11) is 0. The van der Waals surface area contributed by atoms with E-state index in [4.69, 9.17) is 5.11 Å². The van der Waals surface area contributed by atoms with E-state index in [-0.39, 0.29) is 5.82 Å². The van der Waals surface area contributed by atoms with Crippen molar-refractivity contribution < 1.29 is 9.90 Å². The van der Waals surface area contributed by atoms with Gasteiger partial charge < -0.3 is 5.11 Å². The fourth-order valence-electron chi connectivity index (χ4n) is 1.24. The van der Waals surface area contributed by atoms with Gasteiger partial charge in [-0.2, -0.15) is 0 Å². The zero-order valence-electron chi connectivity index (χ0n) is 8.14. The van der Waals surface area contributed by atoms with Crippen LogP contribution in [0.2, 0.25) is 0 Å². The van der Waals surface area contributed by atoms with Gasteiger partial charge in [-0.1, -0.05) is 0 Å². The number of carbonyl (C=O) groups is 1. The Kier molecular flexibility index (Phi) is 3.01. The fourth-order valence-corrected chi connectivity index (χ4v) is 2.13. The molecule has 84 valence electrons. The number of amides is 1. The first kappa shape index (κ1) is 11.2. The van der Waals surface area contributed by atoms with Crippen molar-refractivity contribution in [2.75, 3.05) is 11.6 Å². The molecule has 0 aliphatic heterocycles. The first-order valence-electron chi connectivity index (χ1n) is 4.19. The molecule has 8 heteroatoms. The minimum Gasteiger partial charge on any atom is -0.465 e. The first-order chi connectivity index (χ1) is 7.61. The highest BCUT2D eigenvalue weighted by molar-refractivity contribution is 9.10. The van der Waals surface area contributed by atoms with Crippen molar-refractivity contribution in [3.63, 3.8) is 0 Å². The van der Waals surface area contributed by atoms with Crippen LogP contribution < -0.4 is 5.32 Å². The molecular formula is C8H7BrN4O2S. The number of thioether (sulfide) groups is 1. The quantitative estimate of drug-likeness (QED) is 0.832. The Bertz CT molecular complexity index is 556. The van der Waals surface area contributed by atoms with Crippen LogP contribution in [-0.2, 0) is 0 Å². The summed E-state index contributed by atoms with van der Waals surface area (Å²) in [6.07, 6.45) is 3.92. The van der Waals surface area contributed by atoms with E-state index in [0.29, 0.717) is 10.7 Å². The van der Waals surface area contributed by atoms with Crippen molar-refractivity contribution in [2.24, 2.45) is 0 Å². The van der Waals surface area contributed by atoms with E-state index >= 15 is 0 Å². The maximum Gasteiger partial charge on any atom is 0.410 e. The average Bonchev–Trinajstić information content (AvgIpc) is 2.59. The number of anilines is 1. The van der Waals surface area contributed by atoms with Gasteiger partial charge in [-0.25, -0.2) is 14.8 Å². The van der Waals surface area contributed by atoms with Crippen molar-refractivity contribution in [2.45, 2.75) is 5.03 Å². The smallest absolute Gasteiger partial charge is 0.410 e. The van der Waals surface area contributed by atoms with E-state index in [9.17, 15) is 4.79 Å². The Balaban J connectivity index is 2.60. The van der Waals surface area contributed by atoms with Crippen LogP contribution in [0.3, 0.4) is 0 Å². The van der Waals surface area contributed by atoms with Crippen LogP contribution in [0.15, 0.2) is 22.0 Å². The molecule has 6 nitrogen and oxygen atoms in total. The predicted octanol–water partition coefficient (Wildman–Crippen LogP) is 2.30. The normalized spacial score (nSPS) is 10.6. The predicted molar refractivity (Wildman–Crippen MR) is 64.1 cm³/mol. The molecule has 0 saturated heterocycles. The third-order valence-corrected chi connectivity index (χ3v) is 3.09. The monoisotopic (exact) mass is 302 g/mol. The van der Waals surface area contributed by atoms with Crippen LogP contribution in [0.4, 0.5) is 10.6 Å². The number of nitrogens with one attached hydrogen (secondary N) is 1. The third kappa shape index (κ3) is 1.98. The van der Waals surface area contributed by atoms with Crippen LogP contribution in [0, 0.1) is 0 Å². The summed E-state index contributed by atoms with van der Waals surface area (Å²) < 4.78 is 2.47. The van der Waals surface area contributed by atoms with E-state index in [2.05, 4.69) is 31.2 Å². The van der Waals surface area contributed by atoms with Crippen molar-refractivity contribution in [3.8, 4) is 0 Å². The molecule has 0 aromatic carbocycles. The van der Waals surface area contributed by atoms with Crippen molar-refractivity contribution in [3.05, 3.63) is 17.0 Å². The number of rotatable bonds is 2. The van der Waals surface area contributed by atoms with Gasteiger partial charge in [0.05, 0.1) is 12.4 Å². The Hall–Kier alpha value is -1.28. The fraction of sp³-hybridized carbons (Fsp3) is 0.125. The molecule has 0 unspecified atom stereocenters. The summed E-state index contributed by atoms with van der Waals surface area (Å²) in [5.74, 6) is 0.267. The second-order valence-corrected chi connectivity index (χ2v) is 4.45. The molecule has 2 heterocycles. The number of imidazole rings is 1. The molecule has 0 spiro atoms. The minimum atomic E-state index is -1.14. The van der Waals surface area contributed by atoms with Gasteiger partial charge in [0, 0.05) is 0 Å². The number of hydrogen-bond acceptors (Lipinski definition) is 4. The molecule has 0 bridgehead atoms. The van der Waals surface area contributed by atoms with E-state index in [0.717, 1.165) is 4.60 Å². The molecule has 0 saturated carbocycles. The van der Waals surface area contributed by atoms with Crippen LogP contribution in [0.25, 0.3) is 5.65 Å². The van der Waals surface area contributed by atoms with Crippen LogP contribution in [0.1, 0.15) is 0 Å². The van der Waals surface area contributed by atoms with E-state index < -0.39 is 6.09 Å². The van der Waals surface area contributed by atoms with Crippen molar-refractivity contribution in [1.82, 2.24) is 14.4 Å². The Morgan fingerprint density at radius 1 is 1.69 bits per heavy atom. The van der Waals surface area contributed by atoms with Gasteiger partial charge in [0.25, 0.3) is 0 Å². The van der Waals surface area contributed by atoms with Crippen LogP contribution in [-0.4, -0.2) is 31.8 Å². The van der Waals surface area contributed by atoms with Crippen molar-refractivity contribution >= 4 is 45.3 Å². The van der Waals surface area contributed by atoms with Gasteiger partial charge in [0.2, 0.25) is 0 Å².